The fraction of sp³-hybridized carbons (Fsp3) is 0.842. The Morgan fingerprint density at radius 1 is 0.302 bits per heavy atom. The summed E-state index contributed by atoms with van der Waals surface area (Å²) in [5.41, 5.74) is 0. The first-order valence-electron chi connectivity index (χ1n) is 27.5. The second-order valence-corrected chi connectivity index (χ2v) is 18.5. The van der Waals surface area contributed by atoms with Crippen LogP contribution in [-0.4, -0.2) is 37.2 Å². The molecule has 368 valence electrons. The Morgan fingerprint density at radius 3 is 0.794 bits per heavy atom. The van der Waals surface area contributed by atoms with Crippen LogP contribution in [0.1, 0.15) is 290 Å². The van der Waals surface area contributed by atoms with Gasteiger partial charge in [0.25, 0.3) is 0 Å². The van der Waals surface area contributed by atoms with E-state index in [0.717, 1.165) is 77.0 Å². The lowest BCUT2D eigenvalue weighted by Crippen LogP contribution is -2.30. The number of ether oxygens (including phenoxy) is 3. The third-order valence-electron chi connectivity index (χ3n) is 12.1. The molecule has 0 unspecified atom stereocenters. The van der Waals surface area contributed by atoms with Gasteiger partial charge in [0.2, 0.25) is 0 Å². The molecule has 0 fully saturated rings. The van der Waals surface area contributed by atoms with E-state index >= 15 is 0 Å². The molecule has 0 atom stereocenters. The Bertz CT molecular complexity index is 1010. The third-order valence-corrected chi connectivity index (χ3v) is 12.1. The van der Waals surface area contributed by atoms with Crippen LogP contribution in [0.25, 0.3) is 0 Å². The Morgan fingerprint density at radius 2 is 0.524 bits per heavy atom. The molecule has 0 rings (SSSR count). The van der Waals surface area contributed by atoms with Crippen molar-refractivity contribution in [1.82, 2.24) is 0 Å². The summed E-state index contributed by atoms with van der Waals surface area (Å²) in [6.45, 7) is 6.61. The van der Waals surface area contributed by atoms with Crippen molar-refractivity contribution in [2.45, 2.75) is 297 Å². The van der Waals surface area contributed by atoms with Crippen molar-refractivity contribution >= 4 is 17.9 Å². The highest BCUT2D eigenvalue weighted by Gasteiger charge is 2.19. The maximum Gasteiger partial charge on any atom is 0.306 e. The molecule has 0 amide bonds. The number of carbonyl (C=O) groups excluding carboxylic acids is 3. The minimum atomic E-state index is -0.797. The van der Waals surface area contributed by atoms with E-state index in [0.29, 0.717) is 19.3 Å². The van der Waals surface area contributed by atoms with Crippen molar-refractivity contribution in [2.24, 2.45) is 0 Å². The van der Waals surface area contributed by atoms with Crippen molar-refractivity contribution in [3.63, 3.8) is 0 Å². The molecule has 0 aromatic heterocycles. The van der Waals surface area contributed by atoms with Gasteiger partial charge in [0, 0.05) is 19.3 Å². The van der Waals surface area contributed by atoms with E-state index in [4.69, 9.17) is 14.2 Å². The first-order chi connectivity index (χ1) is 31.0. The average molecular weight is 885 g/mol. The Hall–Kier alpha value is -2.37. The first-order valence-corrected chi connectivity index (χ1v) is 27.5. The Labute approximate surface area is 391 Å². The van der Waals surface area contributed by atoms with Crippen molar-refractivity contribution in [2.75, 3.05) is 13.2 Å². The van der Waals surface area contributed by atoms with Crippen LogP contribution in [0.15, 0.2) is 36.5 Å². The maximum absolute atomic E-state index is 12.8. The van der Waals surface area contributed by atoms with Gasteiger partial charge in [0.05, 0.1) is 0 Å². The smallest absolute Gasteiger partial charge is 0.306 e. The van der Waals surface area contributed by atoms with Crippen LogP contribution in [0, 0.1) is 0 Å². The highest BCUT2D eigenvalue weighted by Crippen LogP contribution is 2.15. The third kappa shape index (κ3) is 50.5. The van der Waals surface area contributed by atoms with Gasteiger partial charge in [0.15, 0.2) is 6.10 Å². The lowest BCUT2D eigenvalue weighted by molar-refractivity contribution is -0.167. The van der Waals surface area contributed by atoms with E-state index in [-0.39, 0.29) is 31.1 Å². The van der Waals surface area contributed by atoms with Gasteiger partial charge in [0.1, 0.15) is 13.2 Å². The van der Waals surface area contributed by atoms with Gasteiger partial charge >= 0.3 is 17.9 Å². The molecule has 0 aliphatic rings. The topological polar surface area (TPSA) is 78.9 Å². The van der Waals surface area contributed by atoms with Gasteiger partial charge in [-0.15, -0.1) is 0 Å². The lowest BCUT2D eigenvalue weighted by Gasteiger charge is -2.18. The minimum absolute atomic E-state index is 0.0954. The minimum Gasteiger partial charge on any atom is -0.462 e. The molecule has 6 heteroatoms. The molecule has 0 aromatic carbocycles. The predicted octanol–water partition coefficient (Wildman–Crippen LogP) is 18.1. The molecular formula is C57H104O6. The molecule has 0 saturated carbocycles. The van der Waals surface area contributed by atoms with Crippen molar-refractivity contribution in [3.8, 4) is 0 Å². The summed E-state index contributed by atoms with van der Waals surface area (Å²) in [7, 11) is 0. The molecule has 0 radical (unpaired) electrons. The summed E-state index contributed by atoms with van der Waals surface area (Å²) in [5, 5.41) is 0. The predicted molar refractivity (Wildman–Crippen MR) is 270 cm³/mol. The highest BCUT2D eigenvalue weighted by atomic mass is 16.6. The monoisotopic (exact) mass is 885 g/mol. The highest BCUT2D eigenvalue weighted by molar-refractivity contribution is 5.71. The van der Waals surface area contributed by atoms with Gasteiger partial charge in [-0.25, -0.2) is 0 Å². The van der Waals surface area contributed by atoms with Crippen LogP contribution >= 0.6 is 0 Å². The molecule has 0 aromatic rings. The van der Waals surface area contributed by atoms with Crippen molar-refractivity contribution in [3.05, 3.63) is 36.5 Å². The van der Waals surface area contributed by atoms with Gasteiger partial charge in [-0.1, -0.05) is 211 Å². The number of unbranched alkanes of at least 4 members (excludes halogenated alkanes) is 33. The Balaban J connectivity index is 4.43. The number of rotatable bonds is 50. The van der Waals surface area contributed by atoms with Crippen molar-refractivity contribution < 1.29 is 28.6 Å². The molecule has 0 saturated heterocycles. The standard InChI is InChI=1S/C57H104O6/c1-4-7-10-13-16-19-22-25-28-31-34-37-40-43-46-49-55(58)61-52-54(63-57(60)51-48-45-42-39-36-33-30-27-24-21-18-15-12-9-6-3)53-62-56(59)50-47-44-41-38-35-32-29-26-23-20-17-14-11-8-5-2/h34-39,54H,4-33,40-53H2,1-3H3/b37-34+,38-35+,39-36+. The van der Waals surface area contributed by atoms with Crippen LogP contribution in [0.5, 0.6) is 0 Å². The maximum atomic E-state index is 12.8. The second kappa shape index (κ2) is 52.3. The van der Waals surface area contributed by atoms with Crippen LogP contribution < -0.4 is 0 Å². The van der Waals surface area contributed by atoms with E-state index in [1.54, 1.807) is 0 Å². The number of carbonyl (C=O) groups is 3. The van der Waals surface area contributed by atoms with Crippen LogP contribution in [0.2, 0.25) is 0 Å². The fourth-order valence-electron chi connectivity index (χ4n) is 7.90. The summed E-state index contributed by atoms with van der Waals surface area (Å²) in [4.78, 5) is 38.0. The molecule has 0 spiro atoms. The van der Waals surface area contributed by atoms with Gasteiger partial charge in [-0.2, -0.15) is 0 Å². The van der Waals surface area contributed by atoms with Crippen LogP contribution in [0.4, 0.5) is 0 Å². The SMILES string of the molecule is CCCCCCCCCCC/C=C/CCCCC(=O)OCC(COC(=O)CCCC/C=C/CCCCCCCCCCC)OC(=O)CCCC/C=C/CCCCCCCCCCC. The molecule has 6 nitrogen and oxygen atoms in total. The number of hydrogen-bond donors (Lipinski definition) is 0. The second-order valence-electron chi connectivity index (χ2n) is 18.5. The molecule has 0 bridgehead atoms. The summed E-state index contributed by atoms with van der Waals surface area (Å²) >= 11 is 0. The van der Waals surface area contributed by atoms with Crippen LogP contribution in [0.3, 0.4) is 0 Å². The van der Waals surface area contributed by atoms with E-state index < -0.39 is 6.10 Å². The van der Waals surface area contributed by atoms with E-state index in [1.165, 1.54) is 173 Å². The van der Waals surface area contributed by atoms with Gasteiger partial charge in [-0.05, 0) is 96.3 Å². The van der Waals surface area contributed by atoms with Gasteiger partial charge < -0.3 is 14.2 Å². The molecule has 0 heterocycles. The van der Waals surface area contributed by atoms with E-state index in [9.17, 15) is 14.4 Å². The lowest BCUT2D eigenvalue weighted by atomic mass is 10.1. The van der Waals surface area contributed by atoms with Gasteiger partial charge in [-0.3, -0.25) is 14.4 Å². The van der Waals surface area contributed by atoms with E-state index in [1.807, 2.05) is 0 Å². The number of esters is 3. The molecule has 63 heavy (non-hydrogen) atoms. The average Bonchev–Trinajstić information content (AvgIpc) is 3.28. The Kier molecular flexibility index (Phi) is 50.3. The zero-order chi connectivity index (χ0) is 45.8. The molecular weight excluding hydrogens is 781 g/mol. The van der Waals surface area contributed by atoms with E-state index in [2.05, 4.69) is 57.2 Å². The quantitative estimate of drug-likeness (QED) is 0.0262. The number of allylic oxidation sites excluding steroid dienone is 6. The van der Waals surface area contributed by atoms with Crippen molar-refractivity contribution in [1.29, 1.82) is 0 Å². The molecule has 0 N–H and O–H groups in total. The molecule has 0 aliphatic carbocycles. The zero-order valence-electron chi connectivity index (χ0n) is 42.1. The largest absolute Gasteiger partial charge is 0.462 e. The van der Waals surface area contributed by atoms with Crippen LogP contribution in [-0.2, 0) is 28.6 Å². The summed E-state index contributed by atoms with van der Waals surface area (Å²) in [5.74, 6) is -0.948. The molecule has 0 aliphatic heterocycles. The normalized spacial score (nSPS) is 11.8. The summed E-state index contributed by atoms with van der Waals surface area (Å²) in [6, 6.07) is 0. The first kappa shape index (κ1) is 60.6. The number of hydrogen-bond acceptors (Lipinski definition) is 6. The summed E-state index contributed by atoms with van der Waals surface area (Å²) < 4.78 is 16.8. The fourth-order valence-corrected chi connectivity index (χ4v) is 7.90. The zero-order valence-corrected chi connectivity index (χ0v) is 42.1. The summed E-state index contributed by atoms with van der Waals surface area (Å²) in [6.07, 6.45) is 61.4.